The Hall–Kier alpha value is -0.120. The minimum absolute atomic E-state index is 0.0939. The van der Waals surface area contributed by atoms with Crippen LogP contribution in [0.2, 0.25) is 0 Å². The molecule has 3 heteroatoms. The first-order chi connectivity index (χ1) is 5.21. The summed E-state index contributed by atoms with van der Waals surface area (Å²) in [6, 6.07) is 0.0939. The molecule has 0 spiro atoms. The van der Waals surface area contributed by atoms with Gasteiger partial charge in [0.15, 0.2) is 0 Å². The highest BCUT2D eigenvalue weighted by Crippen LogP contribution is 2.26. The maximum Gasteiger partial charge on any atom is 0.0869 e. The number of methoxy groups -OCH3 is 1. The summed E-state index contributed by atoms with van der Waals surface area (Å²) in [5.41, 5.74) is 5.71. The molecule has 0 aromatic carbocycles. The average molecular weight is 159 g/mol. The number of ether oxygens (including phenoxy) is 2. The lowest BCUT2D eigenvalue weighted by molar-refractivity contribution is -0.100. The molecule has 1 unspecified atom stereocenters. The van der Waals surface area contributed by atoms with Crippen LogP contribution >= 0.6 is 0 Å². The number of hydrogen-bond donors (Lipinski definition) is 1. The van der Waals surface area contributed by atoms with E-state index in [9.17, 15) is 0 Å². The lowest BCUT2D eigenvalue weighted by atomic mass is 9.87. The van der Waals surface area contributed by atoms with Gasteiger partial charge in [0.1, 0.15) is 0 Å². The summed E-state index contributed by atoms with van der Waals surface area (Å²) >= 11 is 0. The van der Waals surface area contributed by atoms with Gasteiger partial charge in [-0.25, -0.2) is 0 Å². The molecule has 1 fully saturated rings. The van der Waals surface area contributed by atoms with E-state index < -0.39 is 0 Å². The summed E-state index contributed by atoms with van der Waals surface area (Å²) in [7, 11) is 1.73. The van der Waals surface area contributed by atoms with Crippen molar-refractivity contribution in [3.05, 3.63) is 0 Å². The molecule has 0 aliphatic carbocycles. The molecule has 1 atom stereocenters. The summed E-state index contributed by atoms with van der Waals surface area (Å²) in [5, 5.41) is 0. The van der Waals surface area contributed by atoms with Crippen LogP contribution in [0.1, 0.15) is 19.8 Å². The Labute approximate surface area is 67.9 Å². The van der Waals surface area contributed by atoms with Crippen molar-refractivity contribution < 1.29 is 9.47 Å². The van der Waals surface area contributed by atoms with Gasteiger partial charge in [0.2, 0.25) is 0 Å². The molecule has 66 valence electrons. The minimum Gasteiger partial charge on any atom is -0.381 e. The van der Waals surface area contributed by atoms with Crippen LogP contribution in [0.3, 0.4) is 0 Å². The maximum atomic E-state index is 5.83. The lowest BCUT2D eigenvalue weighted by Crippen LogP contribution is -2.51. The van der Waals surface area contributed by atoms with Crippen molar-refractivity contribution >= 4 is 0 Å². The quantitative estimate of drug-likeness (QED) is 0.639. The van der Waals surface area contributed by atoms with Crippen LogP contribution in [0.5, 0.6) is 0 Å². The van der Waals surface area contributed by atoms with Gasteiger partial charge >= 0.3 is 0 Å². The summed E-state index contributed by atoms with van der Waals surface area (Å²) in [6.07, 6.45) is 1.84. The second-order valence-electron chi connectivity index (χ2n) is 3.17. The van der Waals surface area contributed by atoms with E-state index in [1.165, 1.54) is 0 Å². The summed E-state index contributed by atoms with van der Waals surface area (Å²) in [5.74, 6) is 0. The van der Waals surface area contributed by atoms with Gasteiger partial charge in [-0.15, -0.1) is 0 Å². The SMILES string of the molecule is COC1(C(C)N)CCOCC1. The van der Waals surface area contributed by atoms with Crippen molar-refractivity contribution in [1.29, 1.82) is 0 Å². The number of rotatable bonds is 2. The number of hydrogen-bond acceptors (Lipinski definition) is 3. The second kappa shape index (κ2) is 3.52. The highest BCUT2D eigenvalue weighted by molar-refractivity contribution is 4.90. The van der Waals surface area contributed by atoms with Crippen LogP contribution in [-0.4, -0.2) is 32.0 Å². The Morgan fingerprint density at radius 2 is 2.00 bits per heavy atom. The largest absolute Gasteiger partial charge is 0.381 e. The second-order valence-corrected chi connectivity index (χ2v) is 3.17. The molecule has 0 bridgehead atoms. The van der Waals surface area contributed by atoms with Crippen molar-refractivity contribution in [3.63, 3.8) is 0 Å². The van der Waals surface area contributed by atoms with E-state index in [0.717, 1.165) is 26.1 Å². The zero-order valence-corrected chi connectivity index (χ0v) is 7.30. The predicted octanol–water partition coefficient (Wildman–Crippen LogP) is 0.529. The van der Waals surface area contributed by atoms with Crippen LogP contribution in [0.25, 0.3) is 0 Å². The van der Waals surface area contributed by atoms with Gasteiger partial charge in [0.25, 0.3) is 0 Å². The minimum atomic E-state index is -0.127. The van der Waals surface area contributed by atoms with E-state index in [-0.39, 0.29) is 11.6 Å². The first kappa shape index (κ1) is 8.97. The monoisotopic (exact) mass is 159 g/mol. The van der Waals surface area contributed by atoms with E-state index in [1.54, 1.807) is 7.11 Å². The Kier molecular flexibility index (Phi) is 2.87. The smallest absolute Gasteiger partial charge is 0.0869 e. The molecule has 1 saturated heterocycles. The van der Waals surface area contributed by atoms with E-state index in [2.05, 4.69) is 0 Å². The molecule has 1 rings (SSSR count). The summed E-state index contributed by atoms with van der Waals surface area (Å²) in [6.45, 7) is 3.54. The molecule has 1 aliphatic rings. The van der Waals surface area contributed by atoms with Gasteiger partial charge in [-0.2, -0.15) is 0 Å². The Balaban J connectivity index is 2.57. The fraction of sp³-hybridized carbons (Fsp3) is 1.00. The molecule has 1 aliphatic heterocycles. The van der Waals surface area contributed by atoms with Gasteiger partial charge < -0.3 is 15.2 Å². The van der Waals surface area contributed by atoms with Crippen molar-refractivity contribution in [2.24, 2.45) is 5.73 Å². The Bertz CT molecular complexity index is 119. The highest BCUT2D eigenvalue weighted by atomic mass is 16.5. The predicted molar refractivity (Wildman–Crippen MR) is 43.4 cm³/mol. The molecule has 0 amide bonds. The van der Waals surface area contributed by atoms with Crippen LogP contribution in [0.15, 0.2) is 0 Å². The standard InChI is InChI=1S/C8H17NO2/c1-7(9)8(10-2)3-5-11-6-4-8/h7H,3-6,9H2,1-2H3. The summed E-state index contributed by atoms with van der Waals surface area (Å²) in [4.78, 5) is 0. The van der Waals surface area contributed by atoms with Crippen molar-refractivity contribution in [2.75, 3.05) is 20.3 Å². The third-order valence-electron chi connectivity index (χ3n) is 2.58. The lowest BCUT2D eigenvalue weighted by Gasteiger charge is -2.38. The molecule has 0 saturated carbocycles. The molecule has 0 radical (unpaired) electrons. The van der Waals surface area contributed by atoms with Gasteiger partial charge in [-0.05, 0) is 6.92 Å². The van der Waals surface area contributed by atoms with Crippen molar-refractivity contribution in [1.82, 2.24) is 0 Å². The zero-order chi connectivity index (χ0) is 8.32. The van der Waals surface area contributed by atoms with Crippen LogP contribution in [0, 0.1) is 0 Å². The van der Waals surface area contributed by atoms with Crippen LogP contribution in [0.4, 0.5) is 0 Å². The van der Waals surface area contributed by atoms with Crippen molar-refractivity contribution in [3.8, 4) is 0 Å². The third kappa shape index (κ3) is 1.72. The fourth-order valence-electron chi connectivity index (χ4n) is 1.56. The Morgan fingerprint density at radius 3 is 2.27 bits per heavy atom. The Morgan fingerprint density at radius 1 is 1.45 bits per heavy atom. The van der Waals surface area contributed by atoms with Crippen LogP contribution < -0.4 is 5.73 Å². The maximum absolute atomic E-state index is 5.83. The van der Waals surface area contributed by atoms with Gasteiger partial charge in [0.05, 0.1) is 5.60 Å². The van der Waals surface area contributed by atoms with Gasteiger partial charge in [0, 0.05) is 39.2 Å². The molecule has 2 N–H and O–H groups in total. The molecule has 11 heavy (non-hydrogen) atoms. The normalized spacial score (nSPS) is 26.5. The highest BCUT2D eigenvalue weighted by Gasteiger charge is 2.35. The molecular weight excluding hydrogens is 142 g/mol. The van der Waals surface area contributed by atoms with E-state index in [0.29, 0.717) is 0 Å². The first-order valence-corrected chi connectivity index (χ1v) is 4.10. The topological polar surface area (TPSA) is 44.5 Å². The first-order valence-electron chi connectivity index (χ1n) is 4.10. The van der Waals surface area contributed by atoms with E-state index >= 15 is 0 Å². The molecule has 3 nitrogen and oxygen atoms in total. The molecule has 0 aromatic rings. The van der Waals surface area contributed by atoms with Gasteiger partial charge in [-0.1, -0.05) is 0 Å². The molecular formula is C8H17NO2. The summed E-state index contributed by atoms with van der Waals surface area (Å²) < 4.78 is 10.7. The van der Waals surface area contributed by atoms with Crippen molar-refractivity contribution in [2.45, 2.75) is 31.4 Å². The zero-order valence-electron chi connectivity index (χ0n) is 7.30. The molecule has 0 aromatic heterocycles. The van der Waals surface area contributed by atoms with E-state index in [1.807, 2.05) is 6.92 Å². The average Bonchev–Trinajstić information content (AvgIpc) is 2.05. The number of nitrogens with two attached hydrogens (primary N) is 1. The fourth-order valence-corrected chi connectivity index (χ4v) is 1.56. The van der Waals surface area contributed by atoms with Gasteiger partial charge in [-0.3, -0.25) is 0 Å². The third-order valence-corrected chi connectivity index (χ3v) is 2.58. The molecule has 1 heterocycles. The van der Waals surface area contributed by atoms with E-state index in [4.69, 9.17) is 15.2 Å². The van der Waals surface area contributed by atoms with Crippen LogP contribution in [-0.2, 0) is 9.47 Å².